The van der Waals surface area contributed by atoms with Crippen LogP contribution < -0.4 is 10.6 Å². The van der Waals surface area contributed by atoms with E-state index in [-0.39, 0.29) is 18.1 Å². The molecule has 0 unspecified atom stereocenters. The fraction of sp³-hybridized carbons (Fsp3) is 0.400. The number of hydrogen-bond donors (Lipinski definition) is 3. The normalized spacial score (nSPS) is 21.0. The van der Waals surface area contributed by atoms with Crippen molar-refractivity contribution in [2.75, 3.05) is 11.1 Å². The van der Waals surface area contributed by atoms with Gasteiger partial charge in [0.2, 0.25) is 11.8 Å². The van der Waals surface area contributed by atoms with Gasteiger partial charge in [0.15, 0.2) is 0 Å². The third-order valence-electron chi connectivity index (χ3n) is 3.41. The maximum absolute atomic E-state index is 12.1. The Kier molecular flexibility index (Phi) is 5.43. The molecule has 22 heavy (non-hydrogen) atoms. The smallest absolute Gasteiger partial charge is 0.327 e. The van der Waals surface area contributed by atoms with Crippen molar-refractivity contribution in [3.63, 3.8) is 0 Å². The van der Waals surface area contributed by atoms with Crippen molar-refractivity contribution in [2.45, 2.75) is 31.1 Å². The first-order chi connectivity index (χ1) is 10.5. The number of hydrogen-bond acceptors (Lipinski definition) is 4. The highest BCUT2D eigenvalue weighted by Gasteiger charge is 2.33. The van der Waals surface area contributed by atoms with Gasteiger partial charge < -0.3 is 15.7 Å². The van der Waals surface area contributed by atoms with Crippen LogP contribution in [0.25, 0.3) is 0 Å². The van der Waals surface area contributed by atoms with Gasteiger partial charge in [-0.25, -0.2) is 4.79 Å². The van der Waals surface area contributed by atoms with Gasteiger partial charge in [-0.3, -0.25) is 9.59 Å². The van der Waals surface area contributed by atoms with E-state index >= 15 is 0 Å². The van der Waals surface area contributed by atoms with E-state index in [0.717, 1.165) is 17.7 Å². The molecular weight excluding hydrogens is 304 g/mol. The lowest BCUT2D eigenvalue weighted by Gasteiger charge is -2.26. The van der Waals surface area contributed by atoms with E-state index in [1.807, 2.05) is 31.2 Å². The first-order valence-corrected chi connectivity index (χ1v) is 8.08. The maximum atomic E-state index is 12.1. The lowest BCUT2D eigenvalue weighted by Crippen LogP contribution is -2.51. The summed E-state index contributed by atoms with van der Waals surface area (Å²) in [4.78, 5) is 34.8. The second-order valence-corrected chi connectivity index (χ2v) is 6.22. The second kappa shape index (κ2) is 7.31. The van der Waals surface area contributed by atoms with E-state index in [2.05, 4.69) is 10.6 Å². The summed E-state index contributed by atoms with van der Waals surface area (Å²) < 4.78 is 0. The Hall–Kier alpha value is -2.02. The number of thioether (sulfide) groups is 1. The Labute approximate surface area is 132 Å². The molecule has 0 saturated carbocycles. The highest BCUT2D eigenvalue weighted by Crippen LogP contribution is 2.22. The van der Waals surface area contributed by atoms with E-state index in [1.165, 1.54) is 11.8 Å². The minimum Gasteiger partial charge on any atom is -0.480 e. The molecule has 2 rings (SSSR count). The number of rotatable bonds is 5. The number of benzene rings is 1. The monoisotopic (exact) mass is 322 g/mol. The molecule has 3 N–H and O–H groups in total. The third-order valence-corrected chi connectivity index (χ3v) is 4.72. The van der Waals surface area contributed by atoms with Gasteiger partial charge in [0, 0.05) is 17.9 Å². The van der Waals surface area contributed by atoms with Gasteiger partial charge in [-0.05, 0) is 18.1 Å². The van der Waals surface area contributed by atoms with E-state index in [0.29, 0.717) is 0 Å². The molecule has 0 spiro atoms. The van der Waals surface area contributed by atoms with Crippen LogP contribution in [0.1, 0.15) is 18.9 Å². The number of nitrogens with one attached hydrogen (secondary N) is 2. The molecule has 0 radical (unpaired) electrons. The first-order valence-electron chi connectivity index (χ1n) is 7.03. The Bertz CT molecular complexity index is 591. The van der Waals surface area contributed by atoms with Crippen LogP contribution in [0.2, 0.25) is 0 Å². The van der Waals surface area contributed by atoms with Gasteiger partial charge in [0.05, 0.1) is 5.25 Å². The summed E-state index contributed by atoms with van der Waals surface area (Å²) in [5.41, 5.74) is 1.78. The van der Waals surface area contributed by atoms with Gasteiger partial charge in [0.25, 0.3) is 0 Å². The largest absolute Gasteiger partial charge is 0.480 e. The molecule has 1 aromatic carbocycles. The van der Waals surface area contributed by atoms with Crippen LogP contribution in [-0.4, -0.2) is 39.9 Å². The number of anilines is 1. The molecular formula is C15H18N2O4S. The second-order valence-electron chi connectivity index (χ2n) is 4.98. The number of carbonyl (C=O) groups is 3. The van der Waals surface area contributed by atoms with Crippen molar-refractivity contribution < 1.29 is 19.5 Å². The summed E-state index contributed by atoms with van der Waals surface area (Å²) in [5, 5.41) is 13.6. The van der Waals surface area contributed by atoms with Crippen LogP contribution in [-0.2, 0) is 20.8 Å². The predicted molar refractivity (Wildman–Crippen MR) is 84.9 cm³/mol. The number of para-hydroxylation sites is 1. The summed E-state index contributed by atoms with van der Waals surface area (Å²) in [6.07, 6.45) is 0.830. The molecule has 0 aliphatic carbocycles. The number of carboxylic acid groups (broad SMARTS) is 1. The van der Waals surface area contributed by atoms with Crippen molar-refractivity contribution in [1.29, 1.82) is 0 Å². The zero-order valence-corrected chi connectivity index (χ0v) is 13.0. The number of aryl methyl sites for hydroxylation is 1. The molecule has 1 aliphatic heterocycles. The molecule has 1 aliphatic rings. The molecule has 1 fully saturated rings. The standard InChI is InChI=1S/C15H18N2O4S/c1-2-9-5-3-4-6-10(9)16-13(18)7-12-14(19)17-11(8-22-12)15(20)21/h3-6,11-12H,2,7-8H2,1H3,(H,16,18)(H,17,19)(H,20,21)/t11-,12-/m0/s1. The molecule has 1 aromatic rings. The molecule has 1 saturated heterocycles. The SMILES string of the molecule is CCc1ccccc1NC(=O)C[C@@H]1SC[C@@H](C(=O)O)NC1=O. The Morgan fingerprint density at radius 1 is 1.41 bits per heavy atom. The minimum atomic E-state index is -1.05. The molecule has 0 bridgehead atoms. The number of carbonyl (C=O) groups excluding carboxylic acids is 2. The Morgan fingerprint density at radius 3 is 2.77 bits per heavy atom. The Morgan fingerprint density at radius 2 is 2.14 bits per heavy atom. The summed E-state index contributed by atoms with van der Waals surface area (Å²) in [7, 11) is 0. The molecule has 6 nitrogen and oxygen atoms in total. The average Bonchev–Trinajstić information content (AvgIpc) is 2.49. The maximum Gasteiger partial charge on any atom is 0.327 e. The highest BCUT2D eigenvalue weighted by atomic mass is 32.2. The number of amides is 2. The molecule has 7 heteroatoms. The van der Waals surface area contributed by atoms with Crippen molar-refractivity contribution >= 4 is 35.2 Å². The number of aliphatic carboxylic acids is 1. The zero-order valence-electron chi connectivity index (χ0n) is 12.2. The van der Waals surface area contributed by atoms with Crippen molar-refractivity contribution in [3.8, 4) is 0 Å². The molecule has 2 amide bonds. The molecule has 118 valence electrons. The Balaban J connectivity index is 1.93. The molecule has 2 atom stereocenters. The van der Waals surface area contributed by atoms with Gasteiger partial charge >= 0.3 is 5.97 Å². The lowest BCUT2D eigenvalue weighted by atomic mass is 10.1. The summed E-state index contributed by atoms with van der Waals surface area (Å²) in [6, 6.07) is 6.64. The summed E-state index contributed by atoms with van der Waals surface area (Å²) in [6.45, 7) is 2.00. The number of carboxylic acids is 1. The fourth-order valence-electron chi connectivity index (χ4n) is 2.20. The minimum absolute atomic E-state index is 0.0287. The summed E-state index contributed by atoms with van der Waals surface area (Å²) in [5.74, 6) is -1.43. The fourth-order valence-corrected chi connectivity index (χ4v) is 3.34. The average molecular weight is 322 g/mol. The molecule has 1 heterocycles. The van der Waals surface area contributed by atoms with Gasteiger partial charge in [0.1, 0.15) is 6.04 Å². The highest BCUT2D eigenvalue weighted by molar-refractivity contribution is 8.00. The van der Waals surface area contributed by atoms with Crippen LogP contribution in [0.4, 0.5) is 5.69 Å². The van der Waals surface area contributed by atoms with Gasteiger partial charge in [-0.1, -0.05) is 25.1 Å². The van der Waals surface area contributed by atoms with Gasteiger partial charge in [-0.2, -0.15) is 0 Å². The predicted octanol–water partition coefficient (Wildman–Crippen LogP) is 1.26. The topological polar surface area (TPSA) is 95.5 Å². The zero-order chi connectivity index (χ0) is 16.1. The van der Waals surface area contributed by atoms with Crippen LogP contribution in [0.5, 0.6) is 0 Å². The third kappa shape index (κ3) is 4.00. The van der Waals surface area contributed by atoms with Gasteiger partial charge in [-0.15, -0.1) is 11.8 Å². The molecule has 0 aromatic heterocycles. The van der Waals surface area contributed by atoms with E-state index in [4.69, 9.17) is 5.11 Å². The van der Waals surface area contributed by atoms with E-state index in [1.54, 1.807) is 0 Å². The van der Waals surface area contributed by atoms with Crippen LogP contribution in [0, 0.1) is 0 Å². The van der Waals surface area contributed by atoms with Crippen molar-refractivity contribution in [1.82, 2.24) is 5.32 Å². The lowest BCUT2D eigenvalue weighted by molar-refractivity contribution is -0.141. The van der Waals surface area contributed by atoms with Crippen molar-refractivity contribution in [2.24, 2.45) is 0 Å². The van der Waals surface area contributed by atoms with E-state index in [9.17, 15) is 14.4 Å². The summed E-state index contributed by atoms with van der Waals surface area (Å²) >= 11 is 1.20. The van der Waals surface area contributed by atoms with Crippen LogP contribution in [0.3, 0.4) is 0 Å². The van der Waals surface area contributed by atoms with Crippen LogP contribution in [0.15, 0.2) is 24.3 Å². The quantitative estimate of drug-likeness (QED) is 0.758. The van der Waals surface area contributed by atoms with E-state index < -0.39 is 23.2 Å². The van der Waals surface area contributed by atoms with Crippen LogP contribution >= 0.6 is 11.8 Å². The first kappa shape index (κ1) is 16.4. The van der Waals surface area contributed by atoms with Crippen molar-refractivity contribution in [3.05, 3.63) is 29.8 Å².